The third-order valence-electron chi connectivity index (χ3n) is 1.59. The molecule has 0 bridgehead atoms. The summed E-state index contributed by atoms with van der Waals surface area (Å²) in [5, 5.41) is 19.2. The number of ether oxygens (including phenoxy) is 1. The van der Waals surface area contributed by atoms with Crippen molar-refractivity contribution < 1.29 is 23.5 Å². The van der Waals surface area contributed by atoms with Gasteiger partial charge in [0.05, 0.1) is 4.92 Å². The van der Waals surface area contributed by atoms with Gasteiger partial charge >= 0.3 is 6.61 Å². The number of aromatic hydroxyl groups is 1. The molecule has 0 fully saturated rings. The molecule has 1 aromatic rings. The van der Waals surface area contributed by atoms with Gasteiger partial charge in [0.15, 0.2) is 11.5 Å². The van der Waals surface area contributed by atoms with E-state index in [4.69, 9.17) is 0 Å². The fraction of sp³-hybridized carbons (Fsp3) is 0.111. The molecule has 1 rings (SSSR count). The van der Waals surface area contributed by atoms with Crippen molar-refractivity contribution in [3.05, 3.63) is 40.1 Å². The van der Waals surface area contributed by atoms with Gasteiger partial charge in [-0.05, 0) is 17.7 Å². The molecule has 0 saturated heterocycles. The Morgan fingerprint density at radius 2 is 2.19 bits per heavy atom. The second-order valence-corrected chi connectivity index (χ2v) is 2.71. The number of hydrogen-bond acceptors (Lipinski definition) is 4. The smallest absolute Gasteiger partial charge is 0.387 e. The summed E-state index contributed by atoms with van der Waals surface area (Å²) in [6, 6.07) is 3.48. The van der Waals surface area contributed by atoms with Crippen molar-refractivity contribution in [1.82, 2.24) is 0 Å². The largest absolute Gasteiger partial charge is 0.504 e. The van der Waals surface area contributed by atoms with Gasteiger partial charge in [0.25, 0.3) is 0 Å². The van der Waals surface area contributed by atoms with E-state index in [2.05, 4.69) is 4.74 Å². The van der Waals surface area contributed by atoms with Gasteiger partial charge < -0.3 is 9.84 Å². The molecule has 0 aliphatic rings. The molecule has 0 unspecified atom stereocenters. The highest BCUT2D eigenvalue weighted by Crippen LogP contribution is 2.28. The van der Waals surface area contributed by atoms with E-state index in [0.29, 0.717) is 11.8 Å². The first kappa shape index (κ1) is 11.9. The molecule has 0 heterocycles. The Bertz CT molecular complexity index is 420. The highest BCUT2D eigenvalue weighted by molar-refractivity contribution is 5.54. The van der Waals surface area contributed by atoms with Crippen molar-refractivity contribution in [3.63, 3.8) is 0 Å². The van der Waals surface area contributed by atoms with Crippen LogP contribution < -0.4 is 4.74 Å². The van der Waals surface area contributed by atoms with Crippen molar-refractivity contribution in [2.45, 2.75) is 6.61 Å². The molecule has 0 saturated carbocycles. The average Bonchev–Trinajstić information content (AvgIpc) is 2.18. The third kappa shape index (κ3) is 3.52. The molecule has 0 spiro atoms. The first-order valence-corrected chi connectivity index (χ1v) is 4.08. The standard InChI is InChI=1S/C9H7F2NO4/c10-9(11)16-8-2-1-6(5-7(8)13)3-4-12(14)15/h1-5,9,13H/b4-3+. The lowest BCUT2D eigenvalue weighted by Crippen LogP contribution is -2.01. The number of phenols is 1. The molecule has 5 nitrogen and oxygen atoms in total. The molecule has 86 valence electrons. The first-order chi connectivity index (χ1) is 7.49. The van der Waals surface area contributed by atoms with E-state index >= 15 is 0 Å². The molecule has 1 aromatic carbocycles. The summed E-state index contributed by atoms with van der Waals surface area (Å²) >= 11 is 0. The van der Waals surface area contributed by atoms with Gasteiger partial charge in [0, 0.05) is 6.08 Å². The molecular formula is C9H7F2NO4. The highest BCUT2D eigenvalue weighted by atomic mass is 19.3. The van der Waals surface area contributed by atoms with Crippen LogP contribution in [0, 0.1) is 10.1 Å². The molecule has 0 radical (unpaired) electrons. The predicted octanol–water partition coefficient (Wildman–Crippen LogP) is 2.24. The number of halogens is 2. The Hall–Kier alpha value is -2.18. The summed E-state index contributed by atoms with van der Waals surface area (Å²) in [4.78, 5) is 9.32. The van der Waals surface area contributed by atoms with Crippen LogP contribution in [0.2, 0.25) is 0 Å². The summed E-state index contributed by atoms with van der Waals surface area (Å²) in [5.41, 5.74) is 0.302. The number of hydrogen-bond donors (Lipinski definition) is 1. The molecule has 16 heavy (non-hydrogen) atoms. The zero-order chi connectivity index (χ0) is 12.1. The van der Waals surface area contributed by atoms with Crippen LogP contribution in [0.15, 0.2) is 24.4 Å². The summed E-state index contributed by atoms with van der Waals surface area (Å²) in [7, 11) is 0. The maximum absolute atomic E-state index is 11.8. The van der Waals surface area contributed by atoms with Gasteiger partial charge in [-0.15, -0.1) is 0 Å². The van der Waals surface area contributed by atoms with E-state index in [0.717, 1.165) is 18.2 Å². The maximum Gasteiger partial charge on any atom is 0.387 e. The fourth-order valence-corrected chi connectivity index (χ4v) is 0.981. The second-order valence-electron chi connectivity index (χ2n) is 2.71. The Balaban J connectivity index is 2.86. The average molecular weight is 231 g/mol. The lowest BCUT2D eigenvalue weighted by Gasteiger charge is -2.06. The van der Waals surface area contributed by atoms with Gasteiger partial charge in [-0.1, -0.05) is 6.07 Å². The molecule has 1 N–H and O–H groups in total. The van der Waals surface area contributed by atoms with Crippen LogP contribution in [0.5, 0.6) is 11.5 Å². The Morgan fingerprint density at radius 3 is 2.69 bits per heavy atom. The summed E-state index contributed by atoms with van der Waals surface area (Å²) in [6.45, 7) is -3.04. The van der Waals surface area contributed by atoms with E-state index in [9.17, 15) is 24.0 Å². The van der Waals surface area contributed by atoms with Gasteiger partial charge in [-0.3, -0.25) is 10.1 Å². The fourth-order valence-electron chi connectivity index (χ4n) is 0.981. The van der Waals surface area contributed by atoms with Gasteiger partial charge in [0.2, 0.25) is 6.20 Å². The van der Waals surface area contributed by atoms with E-state index < -0.39 is 17.3 Å². The number of nitrogens with zero attached hydrogens (tertiary/aromatic N) is 1. The molecule has 0 aliphatic carbocycles. The van der Waals surface area contributed by atoms with Crippen molar-refractivity contribution in [2.75, 3.05) is 0 Å². The van der Waals surface area contributed by atoms with Gasteiger partial charge in [0.1, 0.15) is 0 Å². The van der Waals surface area contributed by atoms with Crippen molar-refractivity contribution in [3.8, 4) is 11.5 Å². The molecule has 0 aromatic heterocycles. The quantitative estimate of drug-likeness (QED) is 0.637. The van der Waals surface area contributed by atoms with Crippen molar-refractivity contribution >= 4 is 6.08 Å². The number of alkyl halides is 2. The molecule has 0 aliphatic heterocycles. The summed E-state index contributed by atoms with van der Waals surface area (Å²) in [5.74, 6) is -0.890. The molecule has 7 heteroatoms. The minimum atomic E-state index is -3.04. The SMILES string of the molecule is O=[N+]([O-])/C=C/c1ccc(OC(F)F)c(O)c1. The number of phenolic OH excluding ortho intramolecular Hbond substituents is 1. The minimum absolute atomic E-state index is 0.302. The lowest BCUT2D eigenvalue weighted by molar-refractivity contribution is -0.400. The van der Waals surface area contributed by atoms with Crippen LogP contribution in [-0.4, -0.2) is 16.6 Å². The number of nitro groups is 1. The van der Waals surface area contributed by atoms with Crippen LogP contribution >= 0.6 is 0 Å². The second kappa shape index (κ2) is 5.06. The van der Waals surface area contributed by atoms with Gasteiger partial charge in [-0.2, -0.15) is 8.78 Å². The molecule has 0 atom stereocenters. The predicted molar refractivity (Wildman–Crippen MR) is 50.8 cm³/mol. The van der Waals surface area contributed by atoms with Crippen molar-refractivity contribution in [1.29, 1.82) is 0 Å². The van der Waals surface area contributed by atoms with E-state index in [-0.39, 0.29) is 5.75 Å². The highest BCUT2D eigenvalue weighted by Gasteiger charge is 2.08. The van der Waals surface area contributed by atoms with Crippen LogP contribution in [-0.2, 0) is 0 Å². The number of rotatable bonds is 4. The van der Waals surface area contributed by atoms with Crippen LogP contribution in [0.4, 0.5) is 8.78 Å². The van der Waals surface area contributed by atoms with E-state index in [1.807, 2.05) is 0 Å². The molecule has 0 amide bonds. The minimum Gasteiger partial charge on any atom is -0.504 e. The van der Waals surface area contributed by atoms with E-state index in [1.165, 1.54) is 6.07 Å². The Labute approximate surface area is 88.7 Å². The summed E-state index contributed by atoms with van der Waals surface area (Å²) < 4.78 is 27.6. The molecular weight excluding hydrogens is 224 g/mol. The van der Waals surface area contributed by atoms with Crippen LogP contribution in [0.25, 0.3) is 6.08 Å². The zero-order valence-electron chi connectivity index (χ0n) is 7.84. The zero-order valence-corrected chi connectivity index (χ0v) is 7.84. The lowest BCUT2D eigenvalue weighted by atomic mass is 10.2. The normalized spacial score (nSPS) is 10.9. The topological polar surface area (TPSA) is 72.6 Å². The third-order valence-corrected chi connectivity index (χ3v) is 1.59. The first-order valence-electron chi connectivity index (χ1n) is 4.08. The Kier molecular flexibility index (Phi) is 3.76. The monoisotopic (exact) mass is 231 g/mol. The van der Waals surface area contributed by atoms with Crippen LogP contribution in [0.3, 0.4) is 0 Å². The van der Waals surface area contributed by atoms with Crippen LogP contribution in [0.1, 0.15) is 5.56 Å². The Morgan fingerprint density at radius 1 is 1.50 bits per heavy atom. The van der Waals surface area contributed by atoms with E-state index in [1.54, 1.807) is 0 Å². The van der Waals surface area contributed by atoms with Crippen molar-refractivity contribution in [2.24, 2.45) is 0 Å². The van der Waals surface area contributed by atoms with Gasteiger partial charge in [-0.25, -0.2) is 0 Å². The maximum atomic E-state index is 11.8. The number of benzene rings is 1. The summed E-state index contributed by atoms with van der Waals surface area (Å²) in [6.07, 6.45) is 1.79.